The minimum atomic E-state index is -0.975. The number of hydrogen-bond donors (Lipinski definition) is 1. The molecule has 152 valence electrons. The number of carboxylic acid groups (broad SMARTS) is 1. The Morgan fingerprint density at radius 2 is 1.77 bits per heavy atom. The van der Waals surface area contributed by atoms with Crippen LogP contribution in [-0.2, 0) is 6.61 Å². The molecular weight excluding hydrogens is 398 g/mol. The number of carboxylic acids is 1. The van der Waals surface area contributed by atoms with Crippen molar-refractivity contribution in [2.45, 2.75) is 32.3 Å². The number of nitrogens with zero attached hydrogens (tertiary/aromatic N) is 1. The van der Waals surface area contributed by atoms with Crippen molar-refractivity contribution in [1.29, 1.82) is 0 Å². The first-order valence-corrected chi connectivity index (χ1v) is 10.4. The van der Waals surface area contributed by atoms with E-state index in [0.717, 1.165) is 59.3 Å². The molecule has 5 heteroatoms. The summed E-state index contributed by atoms with van der Waals surface area (Å²) in [5.41, 5.74) is 5.36. The Morgan fingerprint density at radius 1 is 1.00 bits per heavy atom. The summed E-state index contributed by atoms with van der Waals surface area (Å²) in [6.45, 7) is 0.466. The third-order valence-electron chi connectivity index (χ3n) is 5.31. The summed E-state index contributed by atoms with van der Waals surface area (Å²) in [7, 11) is 0. The summed E-state index contributed by atoms with van der Waals surface area (Å²) >= 11 is 6.35. The standard InChI is InChI=1S/C25H22ClNO3/c26-20-10-11-24(30-16-17-6-2-1-3-7-17)23(13-20)22-9-5-4-8-21(22)18-12-19(25(28)29)15-27-14-18/h1-3,6-7,10-15H,4-5,8-9,16H2,(H,28,29). The van der Waals surface area contributed by atoms with Crippen molar-refractivity contribution >= 4 is 28.7 Å². The number of rotatable bonds is 6. The third kappa shape index (κ3) is 4.55. The summed E-state index contributed by atoms with van der Waals surface area (Å²) in [5, 5.41) is 10.0. The van der Waals surface area contributed by atoms with Gasteiger partial charge in [0.05, 0.1) is 5.56 Å². The molecule has 1 heterocycles. The van der Waals surface area contributed by atoms with E-state index >= 15 is 0 Å². The fourth-order valence-electron chi connectivity index (χ4n) is 3.84. The Kier molecular flexibility index (Phi) is 6.15. The van der Waals surface area contributed by atoms with Crippen LogP contribution in [-0.4, -0.2) is 16.1 Å². The molecule has 0 saturated heterocycles. The van der Waals surface area contributed by atoms with Crippen LogP contribution in [0.1, 0.15) is 52.7 Å². The number of allylic oxidation sites excluding steroid dienone is 2. The molecule has 0 radical (unpaired) electrons. The van der Waals surface area contributed by atoms with Crippen LogP contribution >= 0.6 is 11.6 Å². The Balaban J connectivity index is 1.75. The molecule has 30 heavy (non-hydrogen) atoms. The highest BCUT2D eigenvalue weighted by Crippen LogP contribution is 2.42. The van der Waals surface area contributed by atoms with Gasteiger partial charge in [0.25, 0.3) is 0 Å². The molecule has 2 aromatic carbocycles. The van der Waals surface area contributed by atoms with Gasteiger partial charge in [0.1, 0.15) is 12.4 Å². The highest BCUT2D eigenvalue weighted by molar-refractivity contribution is 6.30. The smallest absolute Gasteiger partial charge is 0.337 e. The van der Waals surface area contributed by atoms with Gasteiger partial charge in [-0.2, -0.15) is 0 Å². The van der Waals surface area contributed by atoms with Gasteiger partial charge in [0.15, 0.2) is 0 Å². The minimum Gasteiger partial charge on any atom is -0.488 e. The van der Waals surface area contributed by atoms with Crippen molar-refractivity contribution in [3.63, 3.8) is 0 Å². The van der Waals surface area contributed by atoms with Crippen LogP contribution in [0.4, 0.5) is 0 Å². The number of aromatic nitrogens is 1. The van der Waals surface area contributed by atoms with Crippen molar-refractivity contribution in [3.8, 4) is 5.75 Å². The normalized spacial score (nSPS) is 13.9. The predicted octanol–water partition coefficient (Wildman–Crippen LogP) is 6.50. The van der Waals surface area contributed by atoms with Crippen molar-refractivity contribution in [3.05, 3.63) is 94.3 Å². The predicted molar refractivity (Wildman–Crippen MR) is 119 cm³/mol. The molecule has 3 aromatic rings. The lowest BCUT2D eigenvalue weighted by atomic mass is 9.84. The van der Waals surface area contributed by atoms with Gasteiger partial charge in [0.2, 0.25) is 0 Å². The van der Waals surface area contributed by atoms with Crippen LogP contribution in [0.25, 0.3) is 11.1 Å². The lowest BCUT2D eigenvalue weighted by Crippen LogP contribution is -2.05. The van der Waals surface area contributed by atoms with E-state index in [1.54, 1.807) is 12.3 Å². The highest BCUT2D eigenvalue weighted by atomic mass is 35.5. The zero-order valence-corrected chi connectivity index (χ0v) is 17.2. The van der Waals surface area contributed by atoms with Gasteiger partial charge in [0, 0.05) is 23.0 Å². The molecule has 1 aromatic heterocycles. The van der Waals surface area contributed by atoms with E-state index in [2.05, 4.69) is 4.98 Å². The van der Waals surface area contributed by atoms with Crippen LogP contribution in [0.3, 0.4) is 0 Å². The average molecular weight is 420 g/mol. The van der Waals surface area contributed by atoms with E-state index < -0.39 is 5.97 Å². The third-order valence-corrected chi connectivity index (χ3v) is 5.54. The Labute approximate surface area is 180 Å². The van der Waals surface area contributed by atoms with Crippen molar-refractivity contribution < 1.29 is 14.6 Å². The first-order chi connectivity index (χ1) is 14.6. The van der Waals surface area contributed by atoms with Gasteiger partial charge in [-0.15, -0.1) is 0 Å². The number of halogens is 1. The van der Waals surface area contributed by atoms with Gasteiger partial charge < -0.3 is 9.84 Å². The highest BCUT2D eigenvalue weighted by Gasteiger charge is 2.20. The Bertz CT molecular complexity index is 1090. The molecule has 0 aliphatic heterocycles. The second kappa shape index (κ2) is 9.14. The van der Waals surface area contributed by atoms with Crippen molar-refractivity contribution in [2.75, 3.05) is 0 Å². The zero-order valence-electron chi connectivity index (χ0n) is 16.5. The first-order valence-electron chi connectivity index (χ1n) is 9.99. The molecule has 0 fully saturated rings. The van der Waals surface area contributed by atoms with Crippen LogP contribution in [0.15, 0.2) is 67.0 Å². The molecular formula is C25H22ClNO3. The Morgan fingerprint density at radius 3 is 2.53 bits per heavy atom. The van der Waals surface area contributed by atoms with Crippen molar-refractivity contribution in [1.82, 2.24) is 4.98 Å². The molecule has 1 aliphatic carbocycles. The van der Waals surface area contributed by atoms with Crippen LogP contribution in [0.5, 0.6) is 5.75 Å². The summed E-state index contributed by atoms with van der Waals surface area (Å²) < 4.78 is 6.18. The molecule has 0 saturated carbocycles. The quantitative estimate of drug-likeness (QED) is 0.495. The summed E-state index contributed by atoms with van der Waals surface area (Å²) in [5.74, 6) is -0.197. The summed E-state index contributed by atoms with van der Waals surface area (Å²) in [4.78, 5) is 15.6. The van der Waals surface area contributed by atoms with E-state index in [0.29, 0.717) is 11.6 Å². The number of aromatic carboxylic acids is 1. The summed E-state index contributed by atoms with van der Waals surface area (Å²) in [6, 6.07) is 17.4. The monoisotopic (exact) mass is 419 g/mol. The molecule has 0 unspecified atom stereocenters. The number of ether oxygens (including phenoxy) is 1. The number of benzene rings is 2. The second-order valence-electron chi connectivity index (χ2n) is 7.35. The second-order valence-corrected chi connectivity index (χ2v) is 7.78. The molecule has 4 nitrogen and oxygen atoms in total. The number of pyridine rings is 1. The maximum absolute atomic E-state index is 11.4. The van der Waals surface area contributed by atoms with Crippen LogP contribution < -0.4 is 4.74 Å². The fourth-order valence-corrected chi connectivity index (χ4v) is 4.01. The van der Waals surface area contributed by atoms with Gasteiger partial charge in [-0.1, -0.05) is 41.9 Å². The van der Waals surface area contributed by atoms with Gasteiger partial charge in [-0.3, -0.25) is 4.98 Å². The van der Waals surface area contributed by atoms with Gasteiger partial charge >= 0.3 is 5.97 Å². The molecule has 0 bridgehead atoms. The maximum atomic E-state index is 11.4. The number of carbonyl (C=O) groups is 1. The zero-order chi connectivity index (χ0) is 20.9. The molecule has 1 N–H and O–H groups in total. The van der Waals surface area contributed by atoms with Crippen LogP contribution in [0.2, 0.25) is 5.02 Å². The van der Waals surface area contributed by atoms with E-state index in [1.165, 1.54) is 6.20 Å². The topological polar surface area (TPSA) is 59.4 Å². The number of hydrogen-bond acceptors (Lipinski definition) is 3. The van der Waals surface area contributed by atoms with E-state index in [1.807, 2.05) is 48.5 Å². The fraction of sp³-hybridized carbons (Fsp3) is 0.200. The average Bonchev–Trinajstić information content (AvgIpc) is 2.79. The largest absolute Gasteiger partial charge is 0.488 e. The van der Waals surface area contributed by atoms with Crippen molar-refractivity contribution in [2.24, 2.45) is 0 Å². The lowest BCUT2D eigenvalue weighted by molar-refractivity contribution is 0.0696. The molecule has 1 aliphatic rings. The van der Waals surface area contributed by atoms with Gasteiger partial charge in [-0.05, 0) is 72.2 Å². The molecule has 0 atom stereocenters. The van der Waals surface area contributed by atoms with E-state index in [9.17, 15) is 9.90 Å². The lowest BCUT2D eigenvalue weighted by Gasteiger charge is -2.23. The molecule has 0 spiro atoms. The first kappa shape index (κ1) is 20.2. The SMILES string of the molecule is O=C(O)c1cncc(C2=C(c3cc(Cl)ccc3OCc3ccccc3)CCCC2)c1. The maximum Gasteiger partial charge on any atom is 0.337 e. The van der Waals surface area contributed by atoms with Gasteiger partial charge in [-0.25, -0.2) is 4.79 Å². The van der Waals surface area contributed by atoms with Crippen LogP contribution in [0, 0.1) is 0 Å². The van der Waals surface area contributed by atoms with E-state index in [-0.39, 0.29) is 5.56 Å². The Hall–Kier alpha value is -3.11. The van der Waals surface area contributed by atoms with E-state index in [4.69, 9.17) is 16.3 Å². The molecule has 0 amide bonds. The summed E-state index contributed by atoms with van der Waals surface area (Å²) in [6.07, 6.45) is 6.98. The molecule has 4 rings (SSSR count). The minimum absolute atomic E-state index is 0.191.